The largest absolute Gasteiger partial charge is 0.481 e. The number of benzene rings is 1. The van der Waals surface area contributed by atoms with Crippen LogP contribution in [0.15, 0.2) is 47.4 Å². The summed E-state index contributed by atoms with van der Waals surface area (Å²) in [5.74, 6) is -1.05. The number of aromatic nitrogens is 2. The standard InChI is InChI=1S/C21H21F4N3O3S/c1-3-32-11-20(30,21(23,24)25)19(12-6-7-26-18(8-12)31-2)28-16-10-13(22)9-15-14(16)4-5-17(29)27-15/h4-10,19,28,30H,3,11H2,1-2H3,(H,27,29). The minimum absolute atomic E-state index is 0.0267. The second-order valence-electron chi connectivity index (χ2n) is 7.01. The molecule has 0 spiro atoms. The summed E-state index contributed by atoms with van der Waals surface area (Å²) in [6.07, 6.45) is -3.77. The van der Waals surface area contributed by atoms with Crippen LogP contribution in [0.4, 0.5) is 23.2 Å². The van der Waals surface area contributed by atoms with Gasteiger partial charge in [-0.15, -0.1) is 0 Å². The Hall–Kier alpha value is -2.79. The second-order valence-corrected chi connectivity index (χ2v) is 8.28. The highest BCUT2D eigenvalue weighted by atomic mass is 32.2. The quantitative estimate of drug-likeness (QED) is 0.426. The molecule has 2 aromatic heterocycles. The number of ether oxygens (including phenoxy) is 1. The van der Waals surface area contributed by atoms with Crippen LogP contribution in [0.2, 0.25) is 0 Å². The molecule has 0 radical (unpaired) electrons. The molecule has 3 N–H and O–H groups in total. The van der Waals surface area contributed by atoms with Gasteiger partial charge in [-0.05, 0) is 35.6 Å². The maximum Gasteiger partial charge on any atom is 0.420 e. The first-order valence-corrected chi connectivity index (χ1v) is 10.7. The molecule has 0 aliphatic rings. The number of aliphatic hydroxyl groups is 1. The SMILES string of the molecule is CCSCC(O)(C(Nc1cc(F)cc2[nH]c(=O)ccc12)c1ccnc(OC)c1)C(F)(F)F. The Bertz CT molecular complexity index is 1160. The van der Waals surface area contributed by atoms with E-state index in [1.807, 2.05) is 0 Å². The number of H-pyrrole nitrogens is 1. The molecule has 3 rings (SSSR count). The number of pyridine rings is 2. The van der Waals surface area contributed by atoms with Gasteiger partial charge in [-0.25, -0.2) is 9.37 Å². The van der Waals surface area contributed by atoms with Crippen molar-refractivity contribution in [2.45, 2.75) is 24.7 Å². The lowest BCUT2D eigenvalue weighted by molar-refractivity contribution is -0.256. The molecule has 0 aliphatic heterocycles. The van der Waals surface area contributed by atoms with Crippen molar-refractivity contribution in [1.82, 2.24) is 9.97 Å². The van der Waals surface area contributed by atoms with Gasteiger partial charge in [0.15, 0.2) is 5.60 Å². The van der Waals surface area contributed by atoms with Crippen LogP contribution in [0, 0.1) is 5.82 Å². The Balaban J connectivity index is 2.21. The highest BCUT2D eigenvalue weighted by molar-refractivity contribution is 7.99. The van der Waals surface area contributed by atoms with Gasteiger partial charge in [0.05, 0.1) is 18.7 Å². The number of nitrogens with zero attached hydrogens (tertiary/aromatic N) is 1. The molecular formula is C21H21F4N3O3S. The fourth-order valence-electron chi connectivity index (χ4n) is 3.29. The normalized spacial score (nSPS) is 14.7. The zero-order valence-corrected chi connectivity index (χ0v) is 18.0. The van der Waals surface area contributed by atoms with E-state index in [1.54, 1.807) is 6.92 Å². The van der Waals surface area contributed by atoms with Crippen LogP contribution in [0.25, 0.3) is 10.9 Å². The highest BCUT2D eigenvalue weighted by Gasteiger charge is 2.59. The van der Waals surface area contributed by atoms with Crippen molar-refractivity contribution >= 4 is 28.4 Å². The lowest BCUT2D eigenvalue weighted by atomic mass is 9.89. The van der Waals surface area contributed by atoms with E-state index in [-0.39, 0.29) is 28.0 Å². The number of methoxy groups -OCH3 is 1. The van der Waals surface area contributed by atoms with Crippen molar-refractivity contribution in [3.05, 3.63) is 64.3 Å². The van der Waals surface area contributed by atoms with E-state index in [0.717, 1.165) is 23.9 Å². The minimum Gasteiger partial charge on any atom is -0.481 e. The number of hydrogen-bond donors (Lipinski definition) is 3. The predicted molar refractivity (Wildman–Crippen MR) is 116 cm³/mol. The topological polar surface area (TPSA) is 87.2 Å². The molecule has 2 atom stereocenters. The first kappa shape index (κ1) is 23.9. The molecule has 0 bridgehead atoms. The van der Waals surface area contributed by atoms with E-state index in [4.69, 9.17) is 4.74 Å². The van der Waals surface area contributed by atoms with Crippen molar-refractivity contribution in [3.63, 3.8) is 0 Å². The van der Waals surface area contributed by atoms with Crippen LogP contribution < -0.4 is 15.6 Å². The van der Waals surface area contributed by atoms with Crippen LogP contribution in [0.5, 0.6) is 5.88 Å². The third kappa shape index (κ3) is 4.83. The summed E-state index contributed by atoms with van der Waals surface area (Å²) in [6.45, 7) is 1.68. The van der Waals surface area contributed by atoms with Crippen LogP contribution in [-0.4, -0.2) is 45.5 Å². The van der Waals surface area contributed by atoms with Crippen LogP contribution in [0.3, 0.4) is 0 Å². The van der Waals surface area contributed by atoms with Crippen LogP contribution >= 0.6 is 11.8 Å². The predicted octanol–water partition coefficient (Wildman–Crippen LogP) is 4.27. The van der Waals surface area contributed by atoms with Crippen molar-refractivity contribution in [1.29, 1.82) is 0 Å². The molecule has 172 valence electrons. The number of hydrogen-bond acceptors (Lipinski definition) is 6. The molecule has 0 amide bonds. The third-order valence-corrected chi connectivity index (χ3v) is 5.95. The van der Waals surface area contributed by atoms with E-state index in [0.29, 0.717) is 5.75 Å². The summed E-state index contributed by atoms with van der Waals surface area (Å²) < 4.78 is 62.0. The van der Waals surface area contributed by atoms with Crippen molar-refractivity contribution in [3.8, 4) is 5.88 Å². The molecule has 2 heterocycles. The molecular weight excluding hydrogens is 450 g/mol. The lowest BCUT2D eigenvalue weighted by Gasteiger charge is -2.39. The molecule has 0 aliphatic carbocycles. The number of alkyl halides is 3. The summed E-state index contributed by atoms with van der Waals surface area (Å²) in [7, 11) is 1.31. The Morgan fingerprint density at radius 3 is 2.66 bits per heavy atom. The summed E-state index contributed by atoms with van der Waals surface area (Å²) in [5.41, 5.74) is -3.60. The van der Waals surface area contributed by atoms with Gasteiger partial charge in [0, 0.05) is 35.2 Å². The van der Waals surface area contributed by atoms with Crippen LogP contribution in [0.1, 0.15) is 18.5 Å². The number of thioether (sulfide) groups is 1. The minimum atomic E-state index is -5.03. The fraction of sp³-hybridized carbons (Fsp3) is 0.333. The molecule has 0 saturated heterocycles. The smallest absolute Gasteiger partial charge is 0.420 e. The summed E-state index contributed by atoms with van der Waals surface area (Å²) in [5, 5.41) is 13.9. The van der Waals surface area contributed by atoms with Crippen molar-refractivity contribution in [2.24, 2.45) is 0 Å². The van der Waals surface area contributed by atoms with Gasteiger partial charge < -0.3 is 20.1 Å². The average molecular weight is 471 g/mol. The van der Waals surface area contributed by atoms with Gasteiger partial charge in [0.2, 0.25) is 11.4 Å². The number of fused-ring (bicyclic) bond motifs is 1. The Morgan fingerprint density at radius 1 is 1.25 bits per heavy atom. The maximum atomic E-state index is 14.3. The molecule has 1 aromatic carbocycles. The molecule has 0 fully saturated rings. The zero-order valence-electron chi connectivity index (χ0n) is 17.2. The number of rotatable bonds is 8. The van der Waals surface area contributed by atoms with E-state index in [2.05, 4.69) is 15.3 Å². The van der Waals surface area contributed by atoms with Gasteiger partial charge in [0.25, 0.3) is 0 Å². The monoisotopic (exact) mass is 471 g/mol. The van der Waals surface area contributed by atoms with Gasteiger partial charge in [0.1, 0.15) is 5.82 Å². The van der Waals surface area contributed by atoms with Crippen LogP contribution in [-0.2, 0) is 0 Å². The molecule has 3 aromatic rings. The third-order valence-electron chi connectivity index (χ3n) is 4.90. The fourth-order valence-corrected chi connectivity index (χ4v) is 4.14. The van der Waals surface area contributed by atoms with Gasteiger partial charge in [-0.2, -0.15) is 24.9 Å². The number of aromatic amines is 1. The van der Waals surface area contributed by atoms with E-state index >= 15 is 0 Å². The maximum absolute atomic E-state index is 14.3. The first-order valence-electron chi connectivity index (χ1n) is 9.55. The van der Waals surface area contributed by atoms with E-state index < -0.39 is 34.9 Å². The molecule has 11 heteroatoms. The summed E-state index contributed by atoms with van der Waals surface area (Å²) in [6, 6.07) is 5.47. The highest BCUT2D eigenvalue weighted by Crippen LogP contribution is 2.44. The van der Waals surface area contributed by atoms with Crippen molar-refractivity contribution in [2.75, 3.05) is 23.9 Å². The summed E-state index contributed by atoms with van der Waals surface area (Å²) >= 11 is 0.916. The Labute approximate surface area is 185 Å². The van der Waals surface area contributed by atoms with Gasteiger partial charge >= 0.3 is 6.18 Å². The Morgan fingerprint density at radius 2 is 2.00 bits per heavy atom. The van der Waals surface area contributed by atoms with Crippen molar-refractivity contribution < 1.29 is 27.4 Å². The van der Waals surface area contributed by atoms with Gasteiger partial charge in [-0.1, -0.05) is 6.92 Å². The molecule has 0 saturated carbocycles. The number of halogens is 4. The van der Waals surface area contributed by atoms with Gasteiger partial charge in [-0.3, -0.25) is 4.79 Å². The molecule has 6 nitrogen and oxygen atoms in total. The zero-order chi connectivity index (χ0) is 23.5. The molecule has 32 heavy (non-hydrogen) atoms. The molecule has 2 unspecified atom stereocenters. The lowest BCUT2D eigenvalue weighted by Crippen LogP contribution is -2.54. The first-order chi connectivity index (χ1) is 15.1. The van der Waals surface area contributed by atoms with E-state index in [1.165, 1.54) is 37.6 Å². The number of nitrogens with one attached hydrogen (secondary N) is 2. The van der Waals surface area contributed by atoms with E-state index in [9.17, 15) is 27.5 Å². The average Bonchev–Trinajstić information content (AvgIpc) is 2.74. The summed E-state index contributed by atoms with van der Waals surface area (Å²) in [4.78, 5) is 18.0. The Kier molecular flexibility index (Phi) is 6.99. The number of anilines is 1. The second kappa shape index (κ2) is 9.37.